The molecule has 0 fully saturated rings. The van der Waals surface area contributed by atoms with Crippen LogP contribution >= 0.6 is 59.4 Å². The molecular formula is C70H77Br3ClN7O3. The molecule has 0 saturated carbocycles. The van der Waals surface area contributed by atoms with Gasteiger partial charge in [0.2, 0.25) is 0 Å². The van der Waals surface area contributed by atoms with Crippen molar-refractivity contribution in [1.82, 2.24) is 29.5 Å². The van der Waals surface area contributed by atoms with E-state index >= 15 is 0 Å². The summed E-state index contributed by atoms with van der Waals surface area (Å²) in [6.45, 7) is 22.3. The molecule has 0 aliphatic carbocycles. The van der Waals surface area contributed by atoms with Crippen molar-refractivity contribution in [3.8, 4) is 56.2 Å². The Kier molecular flexibility index (Phi) is 24.9. The van der Waals surface area contributed by atoms with E-state index in [9.17, 15) is 9.59 Å². The predicted molar refractivity (Wildman–Crippen MR) is 359 cm³/mol. The minimum Gasteiger partial charge on any atom is -0.481 e. The summed E-state index contributed by atoms with van der Waals surface area (Å²) in [4.78, 5) is 35.8. The Bertz CT molecular complexity index is 3570. The molecule has 0 N–H and O–H groups in total. The molecule has 9 aromatic rings. The van der Waals surface area contributed by atoms with Crippen molar-refractivity contribution in [1.29, 1.82) is 0 Å². The third-order valence-electron chi connectivity index (χ3n) is 13.3. The van der Waals surface area contributed by atoms with Gasteiger partial charge >= 0.3 is 0 Å². The fraction of sp³-hybridized carbons (Fsp3) is 0.300. The van der Waals surface area contributed by atoms with Gasteiger partial charge in [0.15, 0.2) is 29.2 Å². The van der Waals surface area contributed by atoms with Crippen LogP contribution in [0.3, 0.4) is 0 Å². The number of hydrogen-bond acceptors (Lipinski definition) is 7. The van der Waals surface area contributed by atoms with Crippen LogP contribution in [0.4, 0.5) is 0 Å². The van der Waals surface area contributed by atoms with Gasteiger partial charge < -0.3 is 4.74 Å². The van der Waals surface area contributed by atoms with Crippen molar-refractivity contribution in [2.75, 3.05) is 6.61 Å². The number of benzene rings is 7. The second-order valence-corrected chi connectivity index (χ2v) is 25.4. The zero-order valence-corrected chi connectivity index (χ0v) is 55.9. The third kappa shape index (κ3) is 19.7. The molecular weight excluding hydrogens is 1260 g/mol. The maximum absolute atomic E-state index is 11.9. The van der Waals surface area contributed by atoms with E-state index in [4.69, 9.17) is 21.3 Å². The Hall–Kier alpha value is -6.64. The lowest BCUT2D eigenvalue weighted by molar-refractivity contribution is 0.0997. The lowest BCUT2D eigenvalue weighted by atomic mass is 9.85. The minimum atomic E-state index is -0.429. The van der Waals surface area contributed by atoms with Gasteiger partial charge in [0.25, 0.3) is 11.1 Å². The van der Waals surface area contributed by atoms with Gasteiger partial charge in [-0.25, -0.2) is 19.3 Å². The number of rotatable bonds is 14. The van der Waals surface area contributed by atoms with Gasteiger partial charge in [0, 0.05) is 69.0 Å². The van der Waals surface area contributed by atoms with Crippen molar-refractivity contribution < 1.29 is 14.3 Å². The summed E-state index contributed by atoms with van der Waals surface area (Å²) in [5.41, 5.74) is 13.4. The summed E-state index contributed by atoms with van der Waals surface area (Å²) in [5.74, 6) is 3.90. The smallest absolute Gasteiger partial charge is 0.280 e. The van der Waals surface area contributed by atoms with E-state index in [2.05, 4.69) is 220 Å². The topological polar surface area (TPSA) is 117 Å². The molecule has 0 bridgehead atoms. The first-order valence-electron chi connectivity index (χ1n) is 28.5. The normalized spacial score (nSPS) is 11.4. The first kappa shape index (κ1) is 66.5. The Labute approximate surface area is 528 Å². The SMILES string of the molecule is CCCC(=NC(=O)c1cccc(Br)c1)OCC.CCCc1nc(-c2cccc(-c3cc(-c4ccc(C(C)(C)C)cc4)cc(-c4ccc(C(C)(C)C)cc4)c3)c2)n(C)n1.CCCc1nc(-c2cccc(Br)c2)n(C)n1.O=C(Cl)c1cccc(Br)c1. The van der Waals surface area contributed by atoms with E-state index in [1.165, 1.54) is 44.5 Å². The van der Waals surface area contributed by atoms with Crippen LogP contribution in [0.2, 0.25) is 0 Å². The average Bonchev–Trinajstić information content (AvgIpc) is 4.10. The fourth-order valence-corrected chi connectivity index (χ4v) is 10.2. The van der Waals surface area contributed by atoms with E-state index < -0.39 is 5.24 Å². The molecule has 0 aliphatic heterocycles. The molecule has 84 heavy (non-hydrogen) atoms. The van der Waals surface area contributed by atoms with Crippen LogP contribution < -0.4 is 0 Å². The highest BCUT2D eigenvalue weighted by Gasteiger charge is 2.18. The number of nitrogens with zero attached hydrogens (tertiary/aromatic N) is 7. The molecule has 14 heteroatoms. The van der Waals surface area contributed by atoms with Gasteiger partial charge in [-0.05, 0) is 160 Å². The molecule has 0 saturated heterocycles. The summed E-state index contributed by atoms with van der Waals surface area (Å²) in [7, 11) is 3.91. The molecule has 2 heterocycles. The van der Waals surface area contributed by atoms with Crippen molar-refractivity contribution in [3.05, 3.63) is 211 Å². The molecule has 0 atom stereocenters. The maximum Gasteiger partial charge on any atom is 0.280 e. The molecule has 2 aromatic heterocycles. The van der Waals surface area contributed by atoms with E-state index in [0.29, 0.717) is 30.1 Å². The van der Waals surface area contributed by atoms with E-state index in [-0.39, 0.29) is 16.7 Å². The summed E-state index contributed by atoms with van der Waals surface area (Å²) >= 11 is 15.2. The first-order valence-corrected chi connectivity index (χ1v) is 31.2. The van der Waals surface area contributed by atoms with Crippen LogP contribution in [0.1, 0.15) is 138 Å². The first-order chi connectivity index (χ1) is 40.0. The quantitative estimate of drug-likeness (QED) is 0.0605. The number of aryl methyl sites for hydroxylation is 4. The lowest BCUT2D eigenvalue weighted by Gasteiger charge is -2.20. The van der Waals surface area contributed by atoms with Crippen LogP contribution in [0.25, 0.3) is 56.2 Å². The van der Waals surface area contributed by atoms with Crippen molar-refractivity contribution in [2.24, 2.45) is 19.1 Å². The number of carbonyl (C=O) groups is 2. The second kappa shape index (κ2) is 31.5. The van der Waals surface area contributed by atoms with Gasteiger partial charge in [0.1, 0.15) is 0 Å². The van der Waals surface area contributed by atoms with Gasteiger partial charge in [-0.3, -0.25) is 9.59 Å². The monoisotopic (exact) mass is 1340 g/mol. The summed E-state index contributed by atoms with van der Waals surface area (Å²) in [6.07, 6.45) is 5.52. The number of halogens is 4. The van der Waals surface area contributed by atoms with Gasteiger partial charge in [-0.1, -0.05) is 207 Å². The minimum absolute atomic E-state index is 0.123. The largest absolute Gasteiger partial charge is 0.481 e. The molecule has 0 unspecified atom stereocenters. The Morgan fingerprint density at radius 2 is 0.881 bits per heavy atom. The predicted octanol–water partition coefficient (Wildman–Crippen LogP) is 19.9. The number of hydrogen-bond donors (Lipinski definition) is 0. The molecule has 0 aliphatic rings. The van der Waals surface area contributed by atoms with Crippen molar-refractivity contribution in [3.63, 3.8) is 0 Å². The van der Waals surface area contributed by atoms with Gasteiger partial charge in [0.05, 0.1) is 6.61 Å². The Morgan fingerprint density at radius 3 is 1.29 bits per heavy atom. The zero-order valence-electron chi connectivity index (χ0n) is 50.4. The fourth-order valence-electron chi connectivity index (χ4n) is 8.91. The lowest BCUT2D eigenvalue weighted by Crippen LogP contribution is -2.10. The number of aliphatic imine (C=N–C) groups is 1. The van der Waals surface area contributed by atoms with Crippen LogP contribution in [0.15, 0.2) is 182 Å². The summed E-state index contributed by atoms with van der Waals surface area (Å²) in [6, 6.07) is 56.0. The highest BCUT2D eigenvalue weighted by molar-refractivity contribution is 9.11. The van der Waals surface area contributed by atoms with Crippen LogP contribution in [-0.4, -0.2) is 53.2 Å². The van der Waals surface area contributed by atoms with Gasteiger partial charge in [-0.2, -0.15) is 15.2 Å². The Balaban J connectivity index is 0.000000214. The molecule has 0 spiro atoms. The summed E-state index contributed by atoms with van der Waals surface area (Å²) in [5, 5.41) is 8.61. The highest BCUT2D eigenvalue weighted by atomic mass is 79.9. The number of aromatic nitrogens is 6. The maximum atomic E-state index is 11.9. The molecule has 7 aromatic carbocycles. The standard InChI is InChI=1S/C38H43N3.C13H16BrNO2.C12H14BrN3.C7H4BrClO/c1-9-11-35-39-36(41(8)40-35)29-13-10-12-28(22-29)32-24-30(26-14-18-33(19-15-26)37(2,3)4)23-31(25-32)27-16-20-34(21-17-27)38(5,6)7;1-3-6-12(17-4-2)15-13(16)10-7-5-8-11(14)9-10;1-3-5-11-14-12(16(2)15-11)9-6-4-7-10(13)8-9;8-6-3-1-2-5(4-6)7(9)10/h10,12-25H,9,11H2,1-8H3;5,7-9H,3-4,6H2,1-2H3;4,6-8H,3,5H2,1-2H3;1-4H. The second-order valence-electron chi connectivity index (χ2n) is 22.3. The van der Waals surface area contributed by atoms with E-state index in [1.54, 1.807) is 30.3 Å². The van der Waals surface area contributed by atoms with Crippen LogP contribution in [-0.2, 0) is 42.5 Å². The average molecular weight is 1340 g/mol. The Morgan fingerprint density at radius 1 is 0.488 bits per heavy atom. The van der Waals surface area contributed by atoms with Crippen molar-refractivity contribution >= 4 is 76.4 Å². The van der Waals surface area contributed by atoms with Crippen LogP contribution in [0.5, 0.6) is 0 Å². The van der Waals surface area contributed by atoms with E-state index in [1.807, 2.05) is 73.7 Å². The van der Waals surface area contributed by atoms with Crippen LogP contribution in [0, 0.1) is 0 Å². The van der Waals surface area contributed by atoms with Gasteiger partial charge in [-0.15, -0.1) is 0 Å². The number of carbonyl (C=O) groups excluding carboxylic acids is 2. The molecule has 10 nitrogen and oxygen atoms in total. The molecule has 9 rings (SSSR count). The van der Waals surface area contributed by atoms with E-state index in [0.717, 1.165) is 79.9 Å². The highest BCUT2D eigenvalue weighted by Crippen LogP contribution is 2.36. The zero-order chi connectivity index (χ0) is 61.1. The third-order valence-corrected chi connectivity index (χ3v) is 15.0. The number of ether oxygens (including phenoxy) is 1. The summed E-state index contributed by atoms with van der Waals surface area (Å²) < 4.78 is 11.9. The molecule has 438 valence electrons. The van der Waals surface area contributed by atoms with Crippen molar-refractivity contribution in [2.45, 2.75) is 119 Å². The number of amides is 1. The molecule has 1 amide bonds. The molecule has 0 radical (unpaired) electrons.